The van der Waals surface area contributed by atoms with Gasteiger partial charge < -0.3 is 10.4 Å². The molecule has 30 heavy (non-hydrogen) atoms. The van der Waals surface area contributed by atoms with E-state index in [-0.39, 0.29) is 22.0 Å². The molecule has 1 amide bonds. The van der Waals surface area contributed by atoms with Crippen LogP contribution in [0.25, 0.3) is 0 Å². The third kappa shape index (κ3) is 3.81. The maximum atomic E-state index is 14.2. The first-order valence-corrected chi connectivity index (χ1v) is 8.90. The van der Waals surface area contributed by atoms with Crippen molar-refractivity contribution in [2.75, 3.05) is 5.32 Å². The number of nitrogens with zero attached hydrogens (tertiary/aromatic N) is 1. The van der Waals surface area contributed by atoms with Gasteiger partial charge in [0.25, 0.3) is 11.6 Å². The van der Waals surface area contributed by atoms with Gasteiger partial charge in [-0.25, -0.2) is 0 Å². The van der Waals surface area contributed by atoms with Crippen molar-refractivity contribution in [2.24, 2.45) is 0 Å². The average molecular weight is 439 g/mol. The minimum absolute atomic E-state index is 0.0988. The number of benzene rings is 2. The van der Waals surface area contributed by atoms with Crippen molar-refractivity contribution in [1.82, 2.24) is 0 Å². The Labute approximate surface area is 173 Å². The molecule has 2 atom stereocenters. The fraction of sp³-hybridized carbons (Fsp3) is 0.150. The van der Waals surface area contributed by atoms with E-state index >= 15 is 0 Å². The van der Waals surface area contributed by atoms with Crippen LogP contribution in [0.2, 0.25) is 0 Å². The lowest BCUT2D eigenvalue weighted by atomic mass is 9.69. The van der Waals surface area contributed by atoms with Gasteiger partial charge in [-0.2, -0.15) is 13.2 Å². The Morgan fingerprint density at radius 1 is 1.13 bits per heavy atom. The zero-order valence-corrected chi connectivity index (χ0v) is 15.8. The molecule has 1 aliphatic rings. The van der Waals surface area contributed by atoms with E-state index in [0.717, 1.165) is 18.2 Å². The van der Waals surface area contributed by atoms with Crippen molar-refractivity contribution >= 4 is 28.9 Å². The summed E-state index contributed by atoms with van der Waals surface area (Å²) >= 11 is 5.94. The summed E-state index contributed by atoms with van der Waals surface area (Å²) in [6.45, 7) is 0. The molecule has 0 saturated carbocycles. The number of anilines is 1. The van der Waals surface area contributed by atoms with Crippen LogP contribution in [0.4, 0.5) is 24.5 Å². The van der Waals surface area contributed by atoms with Crippen molar-refractivity contribution in [3.63, 3.8) is 0 Å². The Bertz CT molecular complexity index is 1040. The maximum absolute atomic E-state index is 14.2. The number of allylic oxidation sites excluding steroid dienone is 2. The number of aliphatic hydroxyl groups excluding tert-OH is 1. The van der Waals surface area contributed by atoms with E-state index in [2.05, 4.69) is 5.32 Å². The molecular formula is C20H14ClF3N2O4. The monoisotopic (exact) mass is 438 g/mol. The summed E-state index contributed by atoms with van der Waals surface area (Å²) in [5.41, 5.74) is -3.93. The van der Waals surface area contributed by atoms with Crippen LogP contribution in [0.15, 0.2) is 77.4 Å². The molecule has 3 rings (SSSR count). The number of nitro benzene ring substituents is 1. The summed E-state index contributed by atoms with van der Waals surface area (Å²) in [6.07, 6.45) is -5.61. The zero-order valence-electron chi connectivity index (χ0n) is 15.1. The molecule has 6 nitrogen and oxygen atoms in total. The highest BCUT2D eigenvalue weighted by Gasteiger charge is 2.61. The van der Waals surface area contributed by atoms with Crippen molar-refractivity contribution in [1.29, 1.82) is 0 Å². The minimum atomic E-state index is -4.97. The van der Waals surface area contributed by atoms with Gasteiger partial charge in [0.05, 0.1) is 4.92 Å². The van der Waals surface area contributed by atoms with Crippen molar-refractivity contribution in [3.05, 3.63) is 93.0 Å². The lowest BCUT2D eigenvalue weighted by Crippen LogP contribution is -2.53. The topological polar surface area (TPSA) is 92.5 Å². The number of halogens is 4. The van der Waals surface area contributed by atoms with E-state index in [4.69, 9.17) is 11.6 Å². The Balaban J connectivity index is 1.99. The zero-order chi connectivity index (χ0) is 22.1. The summed E-state index contributed by atoms with van der Waals surface area (Å²) in [5, 5.41) is 23.4. The van der Waals surface area contributed by atoms with E-state index in [1.54, 1.807) is 0 Å². The number of carbonyl (C=O) groups excluding carboxylic acids is 1. The number of rotatable bonds is 4. The van der Waals surface area contributed by atoms with Crippen LogP contribution in [-0.4, -0.2) is 28.2 Å². The van der Waals surface area contributed by atoms with E-state index in [1.165, 1.54) is 42.5 Å². The predicted octanol–water partition coefficient (Wildman–Crippen LogP) is 4.46. The Hall–Kier alpha value is -3.17. The molecule has 0 saturated heterocycles. The second-order valence-electron chi connectivity index (χ2n) is 6.52. The standard InChI is InChI=1S/C20H14ClF3N2O4/c21-13-10-16(18(28)25-14-6-8-15(9-7-14)26(29)30)17(27)19(11-13,20(22,23)24)12-4-2-1-3-5-12/h1-11,17,27H,(H,25,28). The molecule has 2 unspecified atom stereocenters. The van der Waals surface area contributed by atoms with Crippen LogP contribution in [-0.2, 0) is 10.2 Å². The molecule has 0 radical (unpaired) electrons. The third-order valence-corrected chi connectivity index (χ3v) is 4.92. The quantitative estimate of drug-likeness (QED) is 0.544. The predicted molar refractivity (Wildman–Crippen MR) is 104 cm³/mol. The van der Waals surface area contributed by atoms with Gasteiger partial charge in [0.15, 0.2) is 0 Å². The summed E-state index contributed by atoms with van der Waals surface area (Å²) < 4.78 is 42.6. The van der Waals surface area contributed by atoms with Crippen molar-refractivity contribution in [2.45, 2.75) is 17.7 Å². The van der Waals surface area contributed by atoms with Gasteiger partial charge in [-0.05, 0) is 29.8 Å². The van der Waals surface area contributed by atoms with Gasteiger partial charge in [-0.1, -0.05) is 41.9 Å². The normalized spacial score (nSPS) is 21.4. The number of nitro groups is 1. The van der Waals surface area contributed by atoms with Gasteiger partial charge in [-0.3, -0.25) is 14.9 Å². The molecule has 0 spiro atoms. The number of carbonyl (C=O) groups is 1. The number of hydrogen-bond donors (Lipinski definition) is 2. The number of aliphatic hydroxyl groups is 1. The molecule has 0 fully saturated rings. The fourth-order valence-electron chi connectivity index (χ4n) is 3.23. The van der Waals surface area contributed by atoms with E-state index in [9.17, 15) is 33.2 Å². The Kier molecular flexibility index (Phi) is 5.69. The smallest absolute Gasteiger partial charge is 0.387 e. The molecule has 2 aromatic rings. The highest BCUT2D eigenvalue weighted by Crippen LogP contribution is 2.50. The lowest BCUT2D eigenvalue weighted by Gasteiger charge is -2.40. The van der Waals surface area contributed by atoms with Crippen LogP contribution < -0.4 is 5.32 Å². The Morgan fingerprint density at radius 2 is 1.73 bits per heavy atom. The van der Waals surface area contributed by atoms with Gasteiger partial charge >= 0.3 is 6.18 Å². The summed E-state index contributed by atoms with van der Waals surface area (Å²) in [5.74, 6) is -1.02. The van der Waals surface area contributed by atoms with E-state index in [1.807, 2.05) is 0 Å². The highest BCUT2D eigenvalue weighted by atomic mass is 35.5. The number of alkyl halides is 3. The molecule has 2 N–H and O–H groups in total. The van der Waals surface area contributed by atoms with E-state index in [0.29, 0.717) is 6.08 Å². The lowest BCUT2D eigenvalue weighted by molar-refractivity contribution is -0.384. The molecule has 0 aliphatic heterocycles. The first-order chi connectivity index (χ1) is 14.1. The minimum Gasteiger partial charge on any atom is -0.387 e. The van der Waals surface area contributed by atoms with Gasteiger partial charge in [0.1, 0.15) is 11.5 Å². The summed E-state index contributed by atoms with van der Waals surface area (Å²) in [7, 11) is 0. The first kappa shape index (κ1) is 21.5. The van der Waals surface area contributed by atoms with Crippen molar-refractivity contribution in [3.8, 4) is 0 Å². The highest BCUT2D eigenvalue weighted by molar-refractivity contribution is 6.32. The van der Waals surface area contributed by atoms with Crippen LogP contribution in [0, 0.1) is 10.1 Å². The fourth-order valence-corrected chi connectivity index (χ4v) is 3.52. The maximum Gasteiger partial charge on any atom is 0.404 e. The number of non-ortho nitro benzene ring substituents is 1. The average Bonchev–Trinajstić information content (AvgIpc) is 2.69. The molecule has 2 aromatic carbocycles. The van der Waals surface area contributed by atoms with Crippen LogP contribution in [0.3, 0.4) is 0 Å². The van der Waals surface area contributed by atoms with Crippen LogP contribution in [0.1, 0.15) is 5.56 Å². The first-order valence-electron chi connectivity index (χ1n) is 8.52. The van der Waals surface area contributed by atoms with Gasteiger partial charge in [0.2, 0.25) is 0 Å². The number of nitrogens with one attached hydrogen (secondary N) is 1. The largest absolute Gasteiger partial charge is 0.404 e. The van der Waals surface area contributed by atoms with Gasteiger partial charge in [0, 0.05) is 28.4 Å². The second kappa shape index (κ2) is 7.92. The second-order valence-corrected chi connectivity index (χ2v) is 6.96. The Morgan fingerprint density at radius 3 is 2.27 bits per heavy atom. The molecule has 0 heterocycles. The number of amides is 1. The molecule has 1 aliphatic carbocycles. The SMILES string of the molecule is O=C(Nc1ccc([N+](=O)[O-])cc1)C1=CC(Cl)=CC(c2ccccc2)(C(F)(F)F)C1O. The third-order valence-electron chi connectivity index (χ3n) is 4.70. The number of hydrogen-bond acceptors (Lipinski definition) is 4. The molecule has 10 heteroatoms. The summed E-state index contributed by atoms with van der Waals surface area (Å²) in [4.78, 5) is 22.7. The van der Waals surface area contributed by atoms with Crippen LogP contribution >= 0.6 is 11.6 Å². The van der Waals surface area contributed by atoms with Crippen LogP contribution in [0.5, 0.6) is 0 Å². The van der Waals surface area contributed by atoms with E-state index < -0.39 is 34.1 Å². The molecule has 0 aromatic heterocycles. The van der Waals surface area contributed by atoms with Crippen molar-refractivity contribution < 1.29 is 28.0 Å². The van der Waals surface area contributed by atoms with Gasteiger partial charge in [-0.15, -0.1) is 0 Å². The molecule has 0 bridgehead atoms. The molecular weight excluding hydrogens is 425 g/mol. The molecule has 156 valence electrons. The summed E-state index contributed by atoms with van der Waals surface area (Å²) in [6, 6.07) is 11.3.